The number of anilines is 1. The second kappa shape index (κ2) is 5.47. The van der Waals surface area contributed by atoms with Crippen LogP contribution in [0.1, 0.15) is 41.6 Å². The Morgan fingerprint density at radius 3 is 2.45 bits per heavy atom. The Balaban J connectivity index is 1.63. The Hall–Kier alpha value is -1.51. The highest BCUT2D eigenvalue weighted by atomic mass is 16.1. The molecule has 0 unspecified atom stereocenters. The first kappa shape index (κ1) is 13.5. The average molecular weight is 272 g/mol. The molecule has 0 aliphatic heterocycles. The van der Waals surface area contributed by atoms with Crippen LogP contribution in [0, 0.1) is 24.7 Å². The summed E-state index contributed by atoms with van der Waals surface area (Å²) in [6.45, 7) is 2.89. The minimum Gasteiger partial charge on any atom is -0.387 e. The van der Waals surface area contributed by atoms with E-state index in [1.54, 1.807) is 0 Å². The average Bonchev–Trinajstić information content (AvgIpc) is 3.31. The molecule has 3 heteroatoms. The number of nitrogens with one attached hydrogen (secondary N) is 2. The monoisotopic (exact) mass is 272 g/mol. The highest BCUT2D eigenvalue weighted by molar-refractivity contribution is 5.99. The molecule has 0 heterocycles. The molecular weight excluding hydrogens is 248 g/mol. The van der Waals surface area contributed by atoms with Crippen LogP contribution in [-0.2, 0) is 0 Å². The molecule has 108 valence electrons. The van der Waals surface area contributed by atoms with Gasteiger partial charge in [0.2, 0.25) is 0 Å². The van der Waals surface area contributed by atoms with E-state index in [9.17, 15) is 4.79 Å². The van der Waals surface area contributed by atoms with Crippen molar-refractivity contribution in [2.75, 3.05) is 18.9 Å². The van der Waals surface area contributed by atoms with Gasteiger partial charge in [-0.2, -0.15) is 0 Å². The number of amides is 1. The van der Waals surface area contributed by atoms with Gasteiger partial charge in [-0.3, -0.25) is 4.79 Å². The number of hydrogen-bond acceptors (Lipinski definition) is 2. The highest BCUT2D eigenvalue weighted by Crippen LogP contribution is 2.48. The fourth-order valence-corrected chi connectivity index (χ4v) is 3.14. The van der Waals surface area contributed by atoms with E-state index in [4.69, 9.17) is 0 Å². The second-order valence-electron chi connectivity index (χ2n) is 6.35. The molecule has 0 bridgehead atoms. The van der Waals surface area contributed by atoms with E-state index in [0.717, 1.165) is 35.5 Å². The van der Waals surface area contributed by atoms with Crippen molar-refractivity contribution in [1.29, 1.82) is 0 Å². The third kappa shape index (κ3) is 2.97. The predicted octanol–water partition coefficient (Wildman–Crippen LogP) is 3.20. The molecule has 0 saturated heterocycles. The van der Waals surface area contributed by atoms with E-state index in [1.165, 1.54) is 31.2 Å². The maximum atomic E-state index is 12.4. The van der Waals surface area contributed by atoms with Gasteiger partial charge in [0, 0.05) is 19.3 Å². The van der Waals surface area contributed by atoms with Gasteiger partial charge in [-0.1, -0.05) is 6.07 Å². The topological polar surface area (TPSA) is 41.1 Å². The van der Waals surface area contributed by atoms with Gasteiger partial charge in [0.1, 0.15) is 0 Å². The quantitative estimate of drug-likeness (QED) is 0.835. The third-order valence-electron chi connectivity index (χ3n) is 4.64. The van der Waals surface area contributed by atoms with Crippen LogP contribution < -0.4 is 10.6 Å². The molecule has 3 rings (SSSR count). The summed E-state index contributed by atoms with van der Waals surface area (Å²) in [5.41, 5.74) is 2.83. The molecule has 1 amide bonds. The van der Waals surface area contributed by atoms with Gasteiger partial charge in [-0.25, -0.2) is 0 Å². The van der Waals surface area contributed by atoms with Gasteiger partial charge in [-0.15, -0.1) is 0 Å². The van der Waals surface area contributed by atoms with Gasteiger partial charge in [-0.05, 0) is 68.1 Å². The number of aryl methyl sites for hydroxylation is 1. The van der Waals surface area contributed by atoms with Gasteiger partial charge in [0.15, 0.2) is 0 Å². The van der Waals surface area contributed by atoms with Crippen molar-refractivity contribution < 1.29 is 4.79 Å². The minimum absolute atomic E-state index is 0.0562. The summed E-state index contributed by atoms with van der Waals surface area (Å²) >= 11 is 0. The van der Waals surface area contributed by atoms with Crippen molar-refractivity contribution in [1.82, 2.24) is 5.32 Å². The van der Waals surface area contributed by atoms with Crippen LogP contribution in [0.15, 0.2) is 18.2 Å². The summed E-state index contributed by atoms with van der Waals surface area (Å²) in [4.78, 5) is 12.4. The molecule has 0 radical (unpaired) electrons. The molecule has 1 aromatic carbocycles. The van der Waals surface area contributed by atoms with E-state index in [1.807, 2.05) is 32.2 Å². The van der Waals surface area contributed by atoms with Crippen molar-refractivity contribution >= 4 is 11.6 Å². The van der Waals surface area contributed by atoms with E-state index < -0.39 is 0 Å². The summed E-state index contributed by atoms with van der Waals surface area (Å²) in [5, 5.41) is 6.27. The van der Waals surface area contributed by atoms with Gasteiger partial charge in [0.05, 0.1) is 5.56 Å². The lowest BCUT2D eigenvalue weighted by atomic mass is 9.97. The molecule has 1 aromatic rings. The van der Waals surface area contributed by atoms with E-state index >= 15 is 0 Å². The summed E-state index contributed by atoms with van der Waals surface area (Å²) in [6, 6.07) is 5.93. The van der Waals surface area contributed by atoms with E-state index in [2.05, 4.69) is 10.6 Å². The maximum absolute atomic E-state index is 12.4. The van der Waals surface area contributed by atoms with Crippen LogP contribution in [0.4, 0.5) is 5.69 Å². The Morgan fingerprint density at radius 1 is 1.25 bits per heavy atom. The Bertz CT molecular complexity index is 492. The Morgan fingerprint density at radius 2 is 1.90 bits per heavy atom. The zero-order valence-electron chi connectivity index (χ0n) is 12.4. The number of hydrogen-bond donors (Lipinski definition) is 2. The number of carbonyl (C=O) groups is 1. The standard InChI is InChI=1S/C17H24N2O/c1-11-3-8-14(16(9-11)18-2)17(20)19-10-15(12-4-5-12)13-6-7-13/h3,8-9,12-13,15,18H,4-7,10H2,1-2H3,(H,19,20). The lowest BCUT2D eigenvalue weighted by Gasteiger charge is -2.17. The summed E-state index contributed by atoms with van der Waals surface area (Å²) in [5.74, 6) is 2.54. The molecule has 0 aromatic heterocycles. The molecule has 2 saturated carbocycles. The minimum atomic E-state index is 0.0562. The van der Waals surface area contributed by atoms with Crippen molar-refractivity contribution in [2.24, 2.45) is 17.8 Å². The SMILES string of the molecule is CNc1cc(C)ccc1C(=O)NCC(C1CC1)C1CC1. The molecule has 2 N–H and O–H groups in total. The fraction of sp³-hybridized carbons (Fsp3) is 0.588. The first-order chi connectivity index (χ1) is 9.69. The lowest BCUT2D eigenvalue weighted by Crippen LogP contribution is -2.31. The predicted molar refractivity (Wildman–Crippen MR) is 82.0 cm³/mol. The molecule has 2 aliphatic rings. The smallest absolute Gasteiger partial charge is 0.253 e. The maximum Gasteiger partial charge on any atom is 0.253 e. The zero-order valence-corrected chi connectivity index (χ0v) is 12.4. The number of benzene rings is 1. The Labute approximate surface area is 121 Å². The lowest BCUT2D eigenvalue weighted by molar-refractivity contribution is 0.0944. The third-order valence-corrected chi connectivity index (χ3v) is 4.64. The molecular formula is C17H24N2O. The summed E-state index contributed by atoms with van der Waals surface area (Å²) in [7, 11) is 1.86. The summed E-state index contributed by atoms with van der Waals surface area (Å²) < 4.78 is 0. The number of rotatable bonds is 6. The Kier molecular flexibility index (Phi) is 3.68. The first-order valence-corrected chi connectivity index (χ1v) is 7.75. The van der Waals surface area contributed by atoms with E-state index in [0.29, 0.717) is 0 Å². The van der Waals surface area contributed by atoms with E-state index in [-0.39, 0.29) is 5.91 Å². The van der Waals surface area contributed by atoms with Gasteiger partial charge >= 0.3 is 0 Å². The molecule has 0 atom stereocenters. The molecule has 3 nitrogen and oxygen atoms in total. The largest absolute Gasteiger partial charge is 0.387 e. The van der Waals surface area contributed by atoms with Crippen LogP contribution in [-0.4, -0.2) is 19.5 Å². The van der Waals surface area contributed by atoms with Crippen LogP contribution in [0.3, 0.4) is 0 Å². The van der Waals surface area contributed by atoms with Crippen molar-refractivity contribution in [2.45, 2.75) is 32.6 Å². The van der Waals surface area contributed by atoms with Gasteiger partial charge in [0.25, 0.3) is 5.91 Å². The second-order valence-corrected chi connectivity index (χ2v) is 6.35. The summed E-state index contributed by atoms with van der Waals surface area (Å²) in [6.07, 6.45) is 5.46. The highest BCUT2D eigenvalue weighted by Gasteiger charge is 2.41. The number of carbonyl (C=O) groups excluding carboxylic acids is 1. The zero-order chi connectivity index (χ0) is 14.1. The van der Waals surface area contributed by atoms with Crippen LogP contribution in [0.25, 0.3) is 0 Å². The normalized spacial score (nSPS) is 18.1. The van der Waals surface area contributed by atoms with Gasteiger partial charge < -0.3 is 10.6 Å². The van der Waals surface area contributed by atoms with Crippen LogP contribution >= 0.6 is 0 Å². The molecule has 2 fully saturated rings. The first-order valence-electron chi connectivity index (χ1n) is 7.75. The van der Waals surface area contributed by atoms with Crippen molar-refractivity contribution in [3.8, 4) is 0 Å². The molecule has 0 spiro atoms. The van der Waals surface area contributed by atoms with Crippen molar-refractivity contribution in [3.05, 3.63) is 29.3 Å². The fourth-order valence-electron chi connectivity index (χ4n) is 3.14. The molecule has 20 heavy (non-hydrogen) atoms. The van der Waals surface area contributed by atoms with Crippen LogP contribution in [0.5, 0.6) is 0 Å². The van der Waals surface area contributed by atoms with Crippen LogP contribution in [0.2, 0.25) is 0 Å². The molecule has 2 aliphatic carbocycles. The van der Waals surface area contributed by atoms with Crippen molar-refractivity contribution in [3.63, 3.8) is 0 Å².